The summed E-state index contributed by atoms with van der Waals surface area (Å²) in [5.74, 6) is 0.170. The Morgan fingerprint density at radius 1 is 1.27 bits per heavy atom. The number of nitrogens with zero attached hydrogens (tertiary/aromatic N) is 1. The second kappa shape index (κ2) is 9.16. The molecule has 3 nitrogen and oxygen atoms in total. The molecule has 0 aliphatic carbocycles. The van der Waals surface area contributed by atoms with Crippen LogP contribution >= 0.6 is 0 Å². The maximum atomic E-state index is 12.7. The van der Waals surface area contributed by atoms with Crippen molar-refractivity contribution in [3.63, 3.8) is 0 Å². The van der Waals surface area contributed by atoms with Crippen LogP contribution in [0.4, 0.5) is 5.69 Å². The first-order valence-corrected chi connectivity index (χ1v) is 8.24. The lowest BCUT2D eigenvalue weighted by Gasteiger charge is -2.34. The molecule has 1 aliphatic rings. The van der Waals surface area contributed by atoms with E-state index in [-0.39, 0.29) is 24.4 Å². The molecule has 22 heavy (non-hydrogen) atoms. The number of aryl methyl sites for hydroxylation is 2. The Bertz CT molecular complexity index is 470. The molecule has 1 aromatic rings. The highest BCUT2D eigenvalue weighted by Gasteiger charge is 2.28. The van der Waals surface area contributed by atoms with Crippen LogP contribution in [0.25, 0.3) is 0 Å². The Morgan fingerprint density at radius 3 is 2.59 bits per heavy atom. The van der Waals surface area contributed by atoms with Crippen LogP contribution in [-0.2, 0) is 4.79 Å². The lowest BCUT2D eigenvalue weighted by molar-refractivity contribution is -0.122. The van der Waals surface area contributed by atoms with Crippen LogP contribution in [0.15, 0.2) is 18.2 Å². The molecule has 1 atom stereocenters. The summed E-state index contributed by atoms with van der Waals surface area (Å²) in [5, 5.41) is 3.17. The van der Waals surface area contributed by atoms with Gasteiger partial charge in [-0.2, -0.15) is 0 Å². The lowest BCUT2D eigenvalue weighted by atomic mass is 10.00. The van der Waals surface area contributed by atoms with Gasteiger partial charge in [0.1, 0.15) is 0 Å². The number of para-hydroxylation sites is 1. The Morgan fingerprint density at radius 2 is 1.95 bits per heavy atom. The fourth-order valence-electron chi connectivity index (χ4n) is 3.13. The van der Waals surface area contributed by atoms with Crippen LogP contribution in [0.2, 0.25) is 0 Å². The van der Waals surface area contributed by atoms with E-state index in [0.29, 0.717) is 0 Å². The van der Waals surface area contributed by atoms with Gasteiger partial charge in [-0.15, -0.1) is 0 Å². The van der Waals surface area contributed by atoms with E-state index in [1.165, 1.54) is 19.3 Å². The number of nitrogens with one attached hydrogen (secondary N) is 1. The van der Waals surface area contributed by atoms with E-state index in [4.69, 9.17) is 0 Å². The van der Waals surface area contributed by atoms with E-state index in [2.05, 4.69) is 43.1 Å². The van der Waals surface area contributed by atoms with Crippen LogP contribution < -0.4 is 17.7 Å². The van der Waals surface area contributed by atoms with Crippen molar-refractivity contribution < 1.29 is 17.2 Å². The number of benzene rings is 1. The summed E-state index contributed by atoms with van der Waals surface area (Å²) in [4.78, 5) is 15.1. The van der Waals surface area contributed by atoms with Crippen molar-refractivity contribution in [1.29, 1.82) is 0 Å². The molecule has 0 spiro atoms. The fourth-order valence-corrected chi connectivity index (χ4v) is 3.13. The van der Waals surface area contributed by atoms with Gasteiger partial charge >= 0.3 is 0 Å². The largest absolute Gasteiger partial charge is 1.00 e. The smallest absolute Gasteiger partial charge is 0.241 e. The van der Waals surface area contributed by atoms with Crippen molar-refractivity contribution >= 4 is 11.6 Å². The predicted molar refractivity (Wildman–Crippen MR) is 88.7 cm³/mol. The topological polar surface area (TPSA) is 32.3 Å². The normalized spacial score (nSPS) is 18.6. The number of amides is 1. The van der Waals surface area contributed by atoms with Gasteiger partial charge in [0.2, 0.25) is 5.91 Å². The predicted octanol–water partition coefficient (Wildman–Crippen LogP) is 0.901. The zero-order valence-electron chi connectivity index (χ0n) is 14.0. The van der Waals surface area contributed by atoms with Gasteiger partial charge in [0.25, 0.3) is 0 Å². The minimum Gasteiger partial charge on any atom is -1.00 e. The van der Waals surface area contributed by atoms with Gasteiger partial charge in [-0.05, 0) is 57.3 Å². The fraction of sp³-hybridized carbons (Fsp3) is 0.611. The second-order valence-electron chi connectivity index (χ2n) is 6.16. The summed E-state index contributed by atoms with van der Waals surface area (Å²) < 4.78 is 0. The molecule has 1 aliphatic heterocycles. The van der Waals surface area contributed by atoms with Gasteiger partial charge in [0, 0.05) is 5.69 Å². The summed E-state index contributed by atoms with van der Waals surface area (Å²) in [6, 6.07) is 6.19. The van der Waals surface area contributed by atoms with Crippen LogP contribution in [0.1, 0.15) is 50.2 Å². The molecule has 124 valence electrons. The number of rotatable bonds is 5. The van der Waals surface area contributed by atoms with Crippen molar-refractivity contribution in [2.45, 2.75) is 58.9 Å². The average Bonchev–Trinajstić information content (AvgIpc) is 2.49. The SMILES string of the molecule is CCCCN1CCCCC1C(=O)Nc1c(C)cccc1C.[Cl-]. The molecular weight excluding hydrogens is 296 g/mol. The van der Waals surface area contributed by atoms with E-state index in [9.17, 15) is 4.79 Å². The molecule has 0 bridgehead atoms. The molecular formula is C18H28ClN2O-. The molecule has 0 radical (unpaired) electrons. The monoisotopic (exact) mass is 323 g/mol. The molecule has 1 saturated heterocycles. The Labute approximate surface area is 140 Å². The summed E-state index contributed by atoms with van der Waals surface area (Å²) in [7, 11) is 0. The van der Waals surface area contributed by atoms with E-state index >= 15 is 0 Å². The van der Waals surface area contributed by atoms with Crippen LogP contribution in [0.3, 0.4) is 0 Å². The first-order valence-electron chi connectivity index (χ1n) is 8.24. The van der Waals surface area contributed by atoms with Crippen molar-refractivity contribution in [2.75, 3.05) is 18.4 Å². The van der Waals surface area contributed by atoms with Gasteiger partial charge in [0.05, 0.1) is 6.04 Å². The quantitative estimate of drug-likeness (QED) is 0.873. The molecule has 1 unspecified atom stereocenters. The maximum Gasteiger partial charge on any atom is 0.241 e. The van der Waals surface area contributed by atoms with Gasteiger partial charge in [-0.3, -0.25) is 9.69 Å². The Kier molecular flexibility index (Phi) is 7.91. The van der Waals surface area contributed by atoms with Gasteiger partial charge in [0.15, 0.2) is 0 Å². The number of piperidine rings is 1. The van der Waals surface area contributed by atoms with Crippen LogP contribution in [0.5, 0.6) is 0 Å². The second-order valence-corrected chi connectivity index (χ2v) is 6.16. The van der Waals surface area contributed by atoms with E-state index < -0.39 is 0 Å². The molecule has 1 heterocycles. The molecule has 1 amide bonds. The molecule has 1 fully saturated rings. The van der Waals surface area contributed by atoms with Crippen LogP contribution in [0, 0.1) is 13.8 Å². The first kappa shape index (κ1) is 19.0. The minimum absolute atomic E-state index is 0. The number of hydrogen-bond donors (Lipinski definition) is 1. The highest BCUT2D eigenvalue weighted by molar-refractivity contribution is 5.96. The number of anilines is 1. The maximum absolute atomic E-state index is 12.7. The Balaban J connectivity index is 0.00000242. The third-order valence-electron chi connectivity index (χ3n) is 4.44. The van der Waals surface area contributed by atoms with Gasteiger partial charge in [-0.1, -0.05) is 38.0 Å². The lowest BCUT2D eigenvalue weighted by Crippen LogP contribution is -3.00. The molecule has 4 heteroatoms. The molecule has 1 aromatic carbocycles. The van der Waals surface area contributed by atoms with Gasteiger partial charge < -0.3 is 17.7 Å². The molecule has 2 rings (SSSR count). The summed E-state index contributed by atoms with van der Waals surface area (Å²) in [6.07, 6.45) is 5.72. The third kappa shape index (κ3) is 4.72. The Hall–Kier alpha value is -1.06. The number of unbranched alkanes of at least 4 members (excludes halogenated alkanes) is 1. The number of hydrogen-bond acceptors (Lipinski definition) is 2. The zero-order chi connectivity index (χ0) is 15.2. The number of likely N-dealkylation sites (tertiary alicyclic amines) is 1. The van der Waals surface area contributed by atoms with Crippen molar-refractivity contribution in [2.24, 2.45) is 0 Å². The van der Waals surface area contributed by atoms with Gasteiger partial charge in [-0.25, -0.2) is 0 Å². The van der Waals surface area contributed by atoms with E-state index in [1.54, 1.807) is 0 Å². The summed E-state index contributed by atoms with van der Waals surface area (Å²) in [6.45, 7) is 8.42. The summed E-state index contributed by atoms with van der Waals surface area (Å²) in [5.41, 5.74) is 3.27. The molecule has 0 saturated carbocycles. The number of carbonyl (C=O) groups is 1. The third-order valence-corrected chi connectivity index (χ3v) is 4.44. The highest BCUT2D eigenvalue weighted by Crippen LogP contribution is 2.23. The first-order chi connectivity index (χ1) is 10.1. The molecule has 1 N–H and O–H groups in total. The summed E-state index contributed by atoms with van der Waals surface area (Å²) >= 11 is 0. The standard InChI is InChI=1S/C18H28N2O.ClH/c1-4-5-12-20-13-7-6-11-16(20)18(21)19-17-14(2)9-8-10-15(17)3;/h8-10,16H,4-7,11-13H2,1-3H3,(H,19,21);1H/p-1. The van der Waals surface area contributed by atoms with Crippen molar-refractivity contribution in [3.8, 4) is 0 Å². The zero-order valence-corrected chi connectivity index (χ0v) is 14.7. The number of halogens is 1. The van der Waals surface area contributed by atoms with E-state index in [0.717, 1.165) is 42.7 Å². The van der Waals surface area contributed by atoms with Crippen LogP contribution in [-0.4, -0.2) is 29.9 Å². The number of carbonyl (C=O) groups excluding carboxylic acids is 1. The molecule has 0 aromatic heterocycles. The van der Waals surface area contributed by atoms with E-state index in [1.807, 2.05) is 6.07 Å². The van der Waals surface area contributed by atoms with Crippen molar-refractivity contribution in [3.05, 3.63) is 29.3 Å². The minimum atomic E-state index is 0. The average molecular weight is 324 g/mol. The van der Waals surface area contributed by atoms with Crippen molar-refractivity contribution in [1.82, 2.24) is 4.90 Å². The highest BCUT2D eigenvalue weighted by atomic mass is 35.5.